The average molecular weight is 472 g/mol. The molecular weight excluding hydrogens is 455 g/mol. The summed E-state index contributed by atoms with van der Waals surface area (Å²) >= 11 is 2.11. The summed E-state index contributed by atoms with van der Waals surface area (Å²) in [6.45, 7) is 3.97. The number of sulfonamides is 1. The number of methoxy groups -OCH3 is 1. The van der Waals surface area contributed by atoms with Gasteiger partial charge in [-0.25, -0.2) is 4.83 Å². The van der Waals surface area contributed by atoms with Crippen molar-refractivity contribution in [2.45, 2.75) is 4.90 Å². The predicted octanol–water partition coefficient (Wildman–Crippen LogP) is 3.18. The molecule has 2 rings (SSSR count). The molecule has 2 aromatic rings. The molecule has 0 saturated carbocycles. The van der Waals surface area contributed by atoms with Gasteiger partial charge in [0.1, 0.15) is 6.61 Å². The number of halogens is 1. The number of benzene rings is 2. The van der Waals surface area contributed by atoms with Crippen molar-refractivity contribution in [1.29, 1.82) is 0 Å². The Balaban J connectivity index is 2.18. The summed E-state index contributed by atoms with van der Waals surface area (Å²) in [5, 5.41) is 3.82. The molecule has 0 spiro atoms. The first-order valence-electron chi connectivity index (χ1n) is 7.19. The van der Waals surface area contributed by atoms with E-state index >= 15 is 0 Å². The maximum Gasteiger partial charge on any atom is 0.276 e. The molecule has 0 heterocycles. The summed E-state index contributed by atoms with van der Waals surface area (Å²) in [7, 11) is -2.16. The van der Waals surface area contributed by atoms with E-state index in [1.807, 2.05) is 6.07 Å². The Morgan fingerprint density at radius 1 is 1.28 bits per heavy atom. The van der Waals surface area contributed by atoms with Crippen LogP contribution >= 0.6 is 22.6 Å². The molecule has 0 fully saturated rings. The van der Waals surface area contributed by atoms with E-state index in [1.165, 1.54) is 25.5 Å². The minimum atomic E-state index is -3.69. The van der Waals surface area contributed by atoms with Gasteiger partial charge in [-0.05, 0) is 52.4 Å². The molecule has 0 aliphatic carbocycles. The third-order valence-electron chi connectivity index (χ3n) is 3.04. The van der Waals surface area contributed by atoms with Gasteiger partial charge < -0.3 is 9.47 Å². The van der Waals surface area contributed by atoms with Crippen LogP contribution in [0.2, 0.25) is 0 Å². The summed E-state index contributed by atoms with van der Waals surface area (Å²) < 4.78 is 35.9. The highest BCUT2D eigenvalue weighted by molar-refractivity contribution is 14.1. The van der Waals surface area contributed by atoms with Crippen molar-refractivity contribution in [3.05, 3.63) is 64.3 Å². The van der Waals surface area contributed by atoms with Crippen LogP contribution in [-0.2, 0) is 10.0 Å². The third kappa shape index (κ3) is 5.20. The topological polar surface area (TPSA) is 77.0 Å². The minimum absolute atomic E-state index is 0.146. The average Bonchev–Trinajstić information content (AvgIpc) is 2.61. The highest BCUT2D eigenvalue weighted by Crippen LogP contribution is 2.33. The molecule has 6 nitrogen and oxygen atoms in total. The van der Waals surface area contributed by atoms with E-state index in [0.717, 1.165) is 3.57 Å². The fraction of sp³-hybridized carbons (Fsp3) is 0.118. The SMILES string of the molecule is C=CCOc1c(I)cc(/C=N\NS(=O)(=O)c2ccccc2)cc1OC. The van der Waals surface area contributed by atoms with Crippen LogP contribution in [0.15, 0.2) is 65.1 Å². The van der Waals surface area contributed by atoms with Crippen molar-refractivity contribution < 1.29 is 17.9 Å². The highest BCUT2D eigenvalue weighted by Gasteiger charge is 2.12. The minimum Gasteiger partial charge on any atom is -0.493 e. The van der Waals surface area contributed by atoms with Crippen LogP contribution in [0, 0.1) is 3.57 Å². The van der Waals surface area contributed by atoms with E-state index < -0.39 is 10.0 Å². The van der Waals surface area contributed by atoms with Gasteiger partial charge in [0.05, 0.1) is 21.8 Å². The number of nitrogens with one attached hydrogen (secondary N) is 1. The van der Waals surface area contributed by atoms with E-state index in [9.17, 15) is 8.42 Å². The van der Waals surface area contributed by atoms with Crippen LogP contribution in [0.1, 0.15) is 5.56 Å². The van der Waals surface area contributed by atoms with Gasteiger partial charge in [-0.15, -0.1) is 0 Å². The molecule has 0 amide bonds. The predicted molar refractivity (Wildman–Crippen MR) is 106 cm³/mol. The summed E-state index contributed by atoms with van der Waals surface area (Å²) in [6, 6.07) is 11.5. The molecule has 132 valence electrons. The first-order valence-corrected chi connectivity index (χ1v) is 9.75. The highest BCUT2D eigenvalue weighted by atomic mass is 127. The molecule has 1 N–H and O–H groups in total. The van der Waals surface area contributed by atoms with Gasteiger partial charge in [0, 0.05) is 0 Å². The van der Waals surface area contributed by atoms with Gasteiger partial charge >= 0.3 is 0 Å². The zero-order valence-electron chi connectivity index (χ0n) is 13.5. The number of nitrogens with zero attached hydrogens (tertiary/aromatic N) is 1. The number of ether oxygens (including phenoxy) is 2. The number of hydrogen-bond acceptors (Lipinski definition) is 5. The lowest BCUT2D eigenvalue weighted by atomic mass is 10.2. The molecule has 0 aromatic heterocycles. The van der Waals surface area contributed by atoms with Crippen LogP contribution in [0.5, 0.6) is 11.5 Å². The summed E-state index contributed by atoms with van der Waals surface area (Å²) in [5.41, 5.74) is 0.669. The Morgan fingerprint density at radius 3 is 2.64 bits per heavy atom. The number of hydrogen-bond donors (Lipinski definition) is 1. The largest absolute Gasteiger partial charge is 0.493 e. The van der Waals surface area contributed by atoms with E-state index in [-0.39, 0.29) is 4.90 Å². The van der Waals surface area contributed by atoms with Crippen molar-refractivity contribution >= 4 is 38.8 Å². The normalized spacial score (nSPS) is 11.3. The summed E-state index contributed by atoms with van der Waals surface area (Å²) in [4.78, 5) is 2.33. The lowest BCUT2D eigenvalue weighted by Gasteiger charge is -2.12. The van der Waals surface area contributed by atoms with Crippen LogP contribution in [0.3, 0.4) is 0 Å². The molecule has 0 unspecified atom stereocenters. The van der Waals surface area contributed by atoms with Gasteiger partial charge in [-0.1, -0.05) is 30.9 Å². The van der Waals surface area contributed by atoms with Crippen molar-refractivity contribution in [2.75, 3.05) is 13.7 Å². The standard InChI is InChI=1S/C17H17IN2O4S/c1-3-9-24-17-15(18)10-13(11-16(17)23-2)12-19-20-25(21,22)14-7-5-4-6-8-14/h3-8,10-12,20H,1,9H2,2H3/b19-12-. The summed E-state index contributed by atoms with van der Waals surface area (Å²) in [5.74, 6) is 1.13. The molecule has 0 radical (unpaired) electrons. The number of rotatable bonds is 8. The first kappa shape index (κ1) is 19.3. The smallest absolute Gasteiger partial charge is 0.276 e. The second kappa shape index (κ2) is 8.86. The Bertz CT molecular complexity index is 868. The second-order valence-corrected chi connectivity index (χ2v) is 7.62. The van der Waals surface area contributed by atoms with Gasteiger partial charge in [-0.2, -0.15) is 13.5 Å². The molecule has 0 aliphatic rings. The number of hydrazone groups is 1. The lowest BCUT2D eigenvalue weighted by molar-refractivity contribution is 0.324. The van der Waals surface area contributed by atoms with E-state index in [2.05, 4.69) is 39.1 Å². The Morgan fingerprint density at radius 2 is 2.00 bits per heavy atom. The van der Waals surface area contributed by atoms with Crippen molar-refractivity contribution in [1.82, 2.24) is 4.83 Å². The maximum absolute atomic E-state index is 12.1. The first-order chi connectivity index (χ1) is 12.0. The van der Waals surface area contributed by atoms with Gasteiger partial charge in [-0.3, -0.25) is 0 Å². The van der Waals surface area contributed by atoms with Crippen LogP contribution < -0.4 is 14.3 Å². The molecule has 0 atom stereocenters. The Kier molecular flexibility index (Phi) is 6.82. The second-order valence-electron chi connectivity index (χ2n) is 4.80. The third-order valence-corrected chi connectivity index (χ3v) is 5.08. The van der Waals surface area contributed by atoms with Gasteiger partial charge in [0.2, 0.25) is 0 Å². The molecule has 0 bridgehead atoms. The summed E-state index contributed by atoms with van der Waals surface area (Å²) in [6.07, 6.45) is 3.05. The van der Waals surface area contributed by atoms with Crippen LogP contribution in [0.25, 0.3) is 0 Å². The maximum atomic E-state index is 12.1. The van der Waals surface area contributed by atoms with Crippen LogP contribution in [-0.4, -0.2) is 28.3 Å². The van der Waals surface area contributed by atoms with Crippen molar-refractivity contribution in [3.8, 4) is 11.5 Å². The van der Waals surface area contributed by atoms with Crippen molar-refractivity contribution in [3.63, 3.8) is 0 Å². The molecule has 25 heavy (non-hydrogen) atoms. The Labute approximate surface area is 160 Å². The van der Waals surface area contributed by atoms with Crippen LogP contribution in [0.4, 0.5) is 0 Å². The molecule has 2 aromatic carbocycles. The van der Waals surface area contributed by atoms with Gasteiger partial charge in [0.15, 0.2) is 11.5 Å². The lowest BCUT2D eigenvalue weighted by Crippen LogP contribution is -2.18. The molecule has 0 aliphatic heterocycles. The zero-order valence-corrected chi connectivity index (χ0v) is 16.5. The quantitative estimate of drug-likeness (QED) is 0.277. The van der Waals surface area contributed by atoms with Gasteiger partial charge in [0.25, 0.3) is 10.0 Å². The molecule has 0 saturated heterocycles. The fourth-order valence-electron chi connectivity index (χ4n) is 1.92. The van der Waals surface area contributed by atoms with E-state index in [0.29, 0.717) is 23.7 Å². The van der Waals surface area contributed by atoms with E-state index in [1.54, 1.807) is 30.3 Å². The monoisotopic (exact) mass is 472 g/mol. The zero-order chi connectivity index (χ0) is 18.3. The molecular formula is C17H17IN2O4S. The molecule has 8 heteroatoms. The fourth-order valence-corrected chi connectivity index (χ4v) is 3.51. The van der Waals surface area contributed by atoms with Crippen molar-refractivity contribution in [2.24, 2.45) is 5.10 Å². The Hall–Kier alpha value is -2.07. The van der Waals surface area contributed by atoms with E-state index in [4.69, 9.17) is 9.47 Å².